The van der Waals surface area contributed by atoms with Crippen LogP contribution in [-0.4, -0.2) is 47.2 Å². The van der Waals surface area contributed by atoms with E-state index < -0.39 is 29.2 Å². The molecule has 1 amide bonds. The second-order valence-electron chi connectivity index (χ2n) is 8.42. The first kappa shape index (κ1) is 20.9. The first-order valence-corrected chi connectivity index (χ1v) is 9.68. The van der Waals surface area contributed by atoms with Crippen LogP contribution in [0.25, 0.3) is 0 Å². The summed E-state index contributed by atoms with van der Waals surface area (Å²) in [5.74, 6) is -0.984. The van der Waals surface area contributed by atoms with Crippen molar-refractivity contribution in [2.24, 2.45) is 0 Å². The maximum Gasteiger partial charge on any atom is 0.411 e. The lowest BCUT2D eigenvalue weighted by molar-refractivity contribution is -0.166. The van der Waals surface area contributed by atoms with Gasteiger partial charge in [-0.3, -0.25) is 4.90 Å². The Morgan fingerprint density at radius 1 is 1.21 bits per heavy atom. The average Bonchev–Trinajstić information content (AvgIpc) is 3.20. The Balaban J connectivity index is 1.87. The highest BCUT2D eigenvalue weighted by Gasteiger charge is 2.62. The molecule has 0 radical (unpaired) electrons. The van der Waals surface area contributed by atoms with Crippen molar-refractivity contribution in [1.29, 1.82) is 0 Å². The van der Waals surface area contributed by atoms with Gasteiger partial charge >= 0.3 is 18.0 Å². The van der Waals surface area contributed by atoms with Crippen LogP contribution < -0.4 is 0 Å². The Labute approximate surface area is 170 Å². The molecule has 0 spiro atoms. The number of carbonyl (C=O) groups is 3. The molecular weight excluding hydrogens is 374 g/mol. The fourth-order valence-corrected chi connectivity index (χ4v) is 4.00. The SMILES string of the molecule is COC(=O)/C=C1\C[C@]2(C(=O)OC(C)(C)C)CC[C@H]1N2C(=O)OCc1ccccc1. The van der Waals surface area contributed by atoms with Crippen molar-refractivity contribution in [2.45, 2.75) is 63.8 Å². The zero-order chi connectivity index (χ0) is 21.2. The molecule has 2 aliphatic heterocycles. The molecule has 156 valence electrons. The molecule has 29 heavy (non-hydrogen) atoms. The number of rotatable bonds is 4. The van der Waals surface area contributed by atoms with Crippen molar-refractivity contribution in [1.82, 2.24) is 4.90 Å². The number of ether oxygens (including phenoxy) is 3. The van der Waals surface area contributed by atoms with E-state index in [1.165, 1.54) is 18.1 Å². The molecule has 3 rings (SSSR count). The zero-order valence-corrected chi connectivity index (χ0v) is 17.3. The monoisotopic (exact) mass is 401 g/mol. The number of fused-ring (bicyclic) bond motifs is 2. The van der Waals surface area contributed by atoms with Crippen LogP contribution in [0.3, 0.4) is 0 Å². The molecule has 0 N–H and O–H groups in total. The summed E-state index contributed by atoms with van der Waals surface area (Å²) < 4.78 is 15.9. The van der Waals surface area contributed by atoms with Crippen LogP contribution >= 0.6 is 0 Å². The molecule has 7 heteroatoms. The third-order valence-corrected chi connectivity index (χ3v) is 5.21. The summed E-state index contributed by atoms with van der Waals surface area (Å²) in [6, 6.07) is 8.94. The molecule has 2 atom stereocenters. The summed E-state index contributed by atoms with van der Waals surface area (Å²) in [5.41, 5.74) is -0.320. The summed E-state index contributed by atoms with van der Waals surface area (Å²) in [7, 11) is 1.29. The predicted molar refractivity (Wildman–Crippen MR) is 105 cm³/mol. The molecule has 2 aliphatic rings. The summed E-state index contributed by atoms with van der Waals surface area (Å²) in [5, 5.41) is 0. The summed E-state index contributed by atoms with van der Waals surface area (Å²) in [4.78, 5) is 39.4. The van der Waals surface area contributed by atoms with Crippen molar-refractivity contribution < 1.29 is 28.6 Å². The fraction of sp³-hybridized carbons (Fsp3) is 0.500. The summed E-state index contributed by atoms with van der Waals surface area (Å²) in [6.07, 6.45) is 2.04. The fourth-order valence-electron chi connectivity index (χ4n) is 4.00. The Bertz CT molecular complexity index is 825. The van der Waals surface area contributed by atoms with E-state index in [2.05, 4.69) is 0 Å². The van der Waals surface area contributed by atoms with Gasteiger partial charge in [0, 0.05) is 12.5 Å². The predicted octanol–water partition coefficient (Wildman–Crippen LogP) is 3.37. The molecule has 0 unspecified atom stereocenters. The van der Waals surface area contributed by atoms with E-state index in [4.69, 9.17) is 14.2 Å². The summed E-state index contributed by atoms with van der Waals surface area (Å²) >= 11 is 0. The Morgan fingerprint density at radius 3 is 2.52 bits per heavy atom. The number of esters is 2. The highest BCUT2D eigenvalue weighted by molar-refractivity contribution is 5.91. The Morgan fingerprint density at radius 2 is 1.90 bits per heavy atom. The lowest BCUT2D eigenvalue weighted by atomic mass is 9.84. The first-order valence-electron chi connectivity index (χ1n) is 9.68. The number of amides is 1. The van der Waals surface area contributed by atoms with Gasteiger partial charge in [-0.15, -0.1) is 0 Å². The maximum absolute atomic E-state index is 13.1. The average molecular weight is 401 g/mol. The number of nitrogens with zero attached hydrogens (tertiary/aromatic N) is 1. The standard InChI is InChI=1S/C22H27NO6/c1-21(2,3)29-19(25)22-11-10-17(16(13-22)12-18(24)27-4)23(22)20(26)28-14-15-8-6-5-7-9-15/h5-9,12,17H,10-11,13-14H2,1-4H3/b16-12+/t17-,22+/m1/s1. The highest BCUT2D eigenvalue weighted by atomic mass is 16.6. The van der Waals surface area contributed by atoms with Crippen LogP contribution in [0.2, 0.25) is 0 Å². The lowest BCUT2D eigenvalue weighted by Gasteiger charge is -2.34. The minimum Gasteiger partial charge on any atom is -0.466 e. The quantitative estimate of drug-likeness (QED) is 0.437. The molecule has 0 aliphatic carbocycles. The second-order valence-corrected chi connectivity index (χ2v) is 8.42. The van der Waals surface area contributed by atoms with E-state index in [1.54, 1.807) is 20.8 Å². The Kier molecular flexibility index (Phi) is 5.68. The molecular formula is C22H27NO6. The van der Waals surface area contributed by atoms with Crippen LogP contribution in [0.4, 0.5) is 4.79 Å². The normalized spacial score (nSPS) is 24.5. The molecule has 0 saturated carbocycles. The molecule has 2 heterocycles. The molecule has 1 aromatic rings. The third kappa shape index (κ3) is 4.28. The van der Waals surface area contributed by atoms with Crippen LogP contribution in [0.15, 0.2) is 42.0 Å². The topological polar surface area (TPSA) is 82.1 Å². The number of carbonyl (C=O) groups excluding carboxylic acids is 3. The molecule has 2 fully saturated rings. The smallest absolute Gasteiger partial charge is 0.411 e. The molecule has 1 aromatic carbocycles. The van der Waals surface area contributed by atoms with Gasteiger partial charge in [-0.2, -0.15) is 0 Å². The van der Waals surface area contributed by atoms with Gasteiger partial charge in [0.1, 0.15) is 17.7 Å². The van der Waals surface area contributed by atoms with E-state index in [-0.39, 0.29) is 19.1 Å². The lowest BCUT2D eigenvalue weighted by Crippen LogP contribution is -2.53. The van der Waals surface area contributed by atoms with Crippen LogP contribution in [0, 0.1) is 0 Å². The van der Waals surface area contributed by atoms with E-state index in [0.717, 1.165) is 5.56 Å². The van der Waals surface area contributed by atoms with Crippen molar-refractivity contribution in [3.63, 3.8) is 0 Å². The Hall–Kier alpha value is -2.83. The van der Waals surface area contributed by atoms with Crippen LogP contribution in [-0.2, 0) is 30.4 Å². The van der Waals surface area contributed by atoms with Gasteiger partial charge < -0.3 is 14.2 Å². The first-order chi connectivity index (χ1) is 13.7. The number of hydrogen-bond donors (Lipinski definition) is 0. The molecule has 0 aromatic heterocycles. The number of benzene rings is 1. The van der Waals surface area contributed by atoms with Gasteiger partial charge in [0.05, 0.1) is 13.2 Å². The van der Waals surface area contributed by atoms with Gasteiger partial charge in [-0.1, -0.05) is 30.3 Å². The van der Waals surface area contributed by atoms with Crippen molar-refractivity contribution >= 4 is 18.0 Å². The minimum absolute atomic E-state index is 0.101. The van der Waals surface area contributed by atoms with Gasteiger partial charge in [-0.05, 0) is 44.7 Å². The zero-order valence-electron chi connectivity index (χ0n) is 17.3. The van der Waals surface area contributed by atoms with Gasteiger partial charge in [0.25, 0.3) is 0 Å². The van der Waals surface area contributed by atoms with Gasteiger partial charge in [-0.25, -0.2) is 14.4 Å². The summed E-state index contributed by atoms with van der Waals surface area (Å²) in [6.45, 7) is 5.45. The largest absolute Gasteiger partial charge is 0.466 e. The van der Waals surface area contributed by atoms with Crippen molar-refractivity contribution in [3.05, 3.63) is 47.5 Å². The maximum atomic E-state index is 13.1. The number of hydrogen-bond acceptors (Lipinski definition) is 6. The van der Waals surface area contributed by atoms with E-state index in [1.807, 2.05) is 30.3 Å². The second kappa shape index (κ2) is 7.89. The van der Waals surface area contributed by atoms with Crippen LogP contribution in [0.5, 0.6) is 0 Å². The van der Waals surface area contributed by atoms with Crippen molar-refractivity contribution in [3.8, 4) is 0 Å². The number of methoxy groups -OCH3 is 1. The van der Waals surface area contributed by atoms with Crippen molar-refractivity contribution in [2.75, 3.05) is 7.11 Å². The third-order valence-electron chi connectivity index (χ3n) is 5.21. The van der Waals surface area contributed by atoms with E-state index in [0.29, 0.717) is 18.4 Å². The van der Waals surface area contributed by atoms with E-state index >= 15 is 0 Å². The minimum atomic E-state index is -1.16. The van der Waals surface area contributed by atoms with Crippen LogP contribution in [0.1, 0.15) is 45.6 Å². The molecule has 2 saturated heterocycles. The molecule has 2 bridgehead atoms. The highest BCUT2D eigenvalue weighted by Crippen LogP contribution is 2.50. The molecule has 7 nitrogen and oxygen atoms in total. The van der Waals surface area contributed by atoms with Gasteiger partial charge in [0.2, 0.25) is 0 Å². The van der Waals surface area contributed by atoms with Gasteiger partial charge in [0.15, 0.2) is 0 Å². The van der Waals surface area contributed by atoms with E-state index in [9.17, 15) is 14.4 Å².